The molecule has 6 nitrogen and oxygen atoms in total. The molecule has 1 N–H and O–H groups in total. The predicted octanol–water partition coefficient (Wildman–Crippen LogP) is 5.14. The van der Waals surface area contributed by atoms with Crippen LogP contribution in [0.15, 0.2) is 57.9 Å². The summed E-state index contributed by atoms with van der Waals surface area (Å²) in [6.45, 7) is 2.33. The fourth-order valence-electron chi connectivity index (χ4n) is 5.71. The number of amides is 1. The molecule has 182 valence electrons. The third kappa shape index (κ3) is 4.51. The van der Waals surface area contributed by atoms with Crippen molar-refractivity contribution in [1.82, 2.24) is 9.97 Å². The third-order valence-electron chi connectivity index (χ3n) is 7.48. The van der Waals surface area contributed by atoms with E-state index in [9.17, 15) is 15.1 Å². The second-order valence-corrected chi connectivity index (χ2v) is 11.5. The Morgan fingerprint density at radius 1 is 1.14 bits per heavy atom. The Bertz CT molecular complexity index is 1280. The van der Waals surface area contributed by atoms with E-state index in [1.165, 1.54) is 0 Å². The van der Waals surface area contributed by atoms with Gasteiger partial charge in [-0.05, 0) is 82.2 Å². The van der Waals surface area contributed by atoms with Crippen LogP contribution >= 0.6 is 31.9 Å². The first-order chi connectivity index (χ1) is 16.7. The summed E-state index contributed by atoms with van der Waals surface area (Å²) < 4.78 is 0.868. The van der Waals surface area contributed by atoms with E-state index >= 15 is 0 Å². The Hall–Kier alpha value is -1.97. The van der Waals surface area contributed by atoms with Gasteiger partial charge in [0.2, 0.25) is 0 Å². The van der Waals surface area contributed by atoms with E-state index in [0.29, 0.717) is 18.5 Å². The van der Waals surface area contributed by atoms with Crippen LogP contribution in [-0.4, -0.2) is 38.7 Å². The van der Waals surface area contributed by atoms with Crippen LogP contribution in [0.2, 0.25) is 0 Å². The van der Waals surface area contributed by atoms with Crippen molar-refractivity contribution in [2.24, 2.45) is 5.92 Å². The van der Waals surface area contributed by atoms with Crippen molar-refractivity contribution in [1.29, 1.82) is 0 Å². The van der Waals surface area contributed by atoms with Gasteiger partial charge in [-0.2, -0.15) is 0 Å². The Morgan fingerprint density at radius 3 is 2.54 bits per heavy atom. The van der Waals surface area contributed by atoms with Gasteiger partial charge in [0.15, 0.2) is 0 Å². The number of carbonyl (C=O) groups is 1. The first-order valence-corrected chi connectivity index (χ1v) is 13.5. The number of aromatic nitrogens is 2. The van der Waals surface area contributed by atoms with Crippen molar-refractivity contribution in [2.75, 3.05) is 13.1 Å². The summed E-state index contributed by atoms with van der Waals surface area (Å²) in [4.78, 5) is 21.7. The number of benzene rings is 1. The SMILES string of the molecule is Cc1cc(Br)c2c(c1)CCc1cc(Br)cnc1C2(O)C1CC[N+]([O-])(C(=O)Cc2ccncc2)CC1. The summed E-state index contributed by atoms with van der Waals surface area (Å²) in [7, 11) is 0. The Morgan fingerprint density at radius 2 is 1.83 bits per heavy atom. The van der Waals surface area contributed by atoms with Gasteiger partial charge in [-0.3, -0.25) is 14.6 Å². The molecule has 3 aromatic rings. The van der Waals surface area contributed by atoms with Gasteiger partial charge in [0.1, 0.15) is 5.60 Å². The van der Waals surface area contributed by atoms with Gasteiger partial charge < -0.3 is 10.3 Å². The Balaban J connectivity index is 1.50. The van der Waals surface area contributed by atoms with Crippen LogP contribution in [0, 0.1) is 18.0 Å². The van der Waals surface area contributed by atoms with Crippen LogP contribution in [0.1, 0.15) is 46.4 Å². The van der Waals surface area contributed by atoms with Crippen molar-refractivity contribution >= 4 is 37.8 Å². The monoisotopic (exact) mass is 599 g/mol. The number of carbonyl (C=O) groups excluding carboxylic acids is 1. The summed E-state index contributed by atoms with van der Waals surface area (Å²) in [6.07, 6.45) is 7.50. The highest BCUT2D eigenvalue weighted by Crippen LogP contribution is 2.49. The van der Waals surface area contributed by atoms with Gasteiger partial charge in [0.05, 0.1) is 25.2 Å². The van der Waals surface area contributed by atoms with Crippen molar-refractivity contribution in [3.63, 3.8) is 0 Å². The molecule has 1 atom stereocenters. The molecule has 5 rings (SSSR count). The average Bonchev–Trinajstić information content (AvgIpc) is 2.95. The van der Waals surface area contributed by atoms with Gasteiger partial charge in [-0.1, -0.05) is 22.0 Å². The number of rotatable bonds is 3. The summed E-state index contributed by atoms with van der Waals surface area (Å²) in [5.41, 5.74) is 4.16. The number of halogens is 2. The van der Waals surface area contributed by atoms with E-state index in [2.05, 4.69) is 49.8 Å². The first-order valence-electron chi connectivity index (χ1n) is 11.9. The molecule has 1 fully saturated rings. The van der Waals surface area contributed by atoms with Crippen LogP contribution in [0.25, 0.3) is 0 Å². The van der Waals surface area contributed by atoms with Gasteiger partial charge >= 0.3 is 5.91 Å². The number of piperidine rings is 1. The molecule has 0 radical (unpaired) electrons. The van der Waals surface area contributed by atoms with Crippen LogP contribution in [0.4, 0.5) is 0 Å². The van der Waals surface area contributed by atoms with E-state index in [0.717, 1.165) is 49.6 Å². The van der Waals surface area contributed by atoms with E-state index in [1.54, 1.807) is 30.7 Å². The standard InChI is InChI=1S/C27H27Br2N3O3/c1-17-12-19-2-3-20-15-22(28)16-31-26(20)27(34,25(19)23(29)13-17)21-6-10-32(35,11-7-21)24(33)14-18-4-8-30-9-5-18/h4-5,8-9,12-13,15-16,21,34H,2-3,6-7,10-11,14H2,1H3. The minimum Gasteiger partial charge on any atom is -0.625 e. The highest BCUT2D eigenvalue weighted by Gasteiger charge is 2.49. The molecule has 1 unspecified atom stereocenters. The number of hydroxylamine groups is 3. The number of aliphatic hydroxyl groups is 1. The Labute approximate surface area is 221 Å². The molecule has 0 bridgehead atoms. The molecule has 8 heteroatoms. The fourth-order valence-corrected chi connectivity index (χ4v) is 7.01. The van der Waals surface area contributed by atoms with E-state index < -0.39 is 10.2 Å². The maximum Gasteiger partial charge on any atom is 0.318 e. The maximum absolute atomic E-state index is 13.5. The van der Waals surface area contributed by atoms with Gasteiger partial charge in [-0.15, -0.1) is 0 Å². The molecular weight excluding hydrogens is 574 g/mol. The van der Waals surface area contributed by atoms with Crippen LogP contribution < -0.4 is 0 Å². The van der Waals surface area contributed by atoms with Crippen molar-refractivity contribution in [2.45, 2.75) is 44.6 Å². The zero-order valence-corrected chi connectivity index (χ0v) is 22.7. The van der Waals surface area contributed by atoms with E-state index in [-0.39, 0.29) is 31.3 Å². The molecule has 1 aliphatic heterocycles. The molecule has 1 amide bonds. The lowest BCUT2D eigenvalue weighted by atomic mass is 9.72. The zero-order chi connectivity index (χ0) is 24.8. The first kappa shape index (κ1) is 24.7. The number of hydrogen-bond donors (Lipinski definition) is 1. The van der Waals surface area contributed by atoms with Gasteiger partial charge in [0.25, 0.3) is 0 Å². The maximum atomic E-state index is 13.5. The summed E-state index contributed by atoms with van der Waals surface area (Å²) in [5, 5.41) is 26.1. The largest absolute Gasteiger partial charge is 0.625 e. The highest BCUT2D eigenvalue weighted by molar-refractivity contribution is 9.10. The summed E-state index contributed by atoms with van der Waals surface area (Å²) in [6, 6.07) is 9.74. The number of aryl methyl sites for hydroxylation is 3. The minimum atomic E-state index is -1.35. The number of quaternary nitrogens is 1. The third-order valence-corrected chi connectivity index (χ3v) is 8.54. The second-order valence-electron chi connectivity index (χ2n) is 9.75. The number of pyridine rings is 2. The van der Waals surface area contributed by atoms with Crippen molar-refractivity contribution in [3.8, 4) is 0 Å². The van der Waals surface area contributed by atoms with Crippen LogP contribution in [-0.2, 0) is 29.7 Å². The molecule has 1 saturated heterocycles. The van der Waals surface area contributed by atoms with Gasteiger partial charge in [-0.25, -0.2) is 4.79 Å². The van der Waals surface area contributed by atoms with E-state index in [4.69, 9.17) is 4.98 Å². The smallest absolute Gasteiger partial charge is 0.318 e. The van der Waals surface area contributed by atoms with E-state index in [1.807, 2.05) is 12.1 Å². The van der Waals surface area contributed by atoms with Crippen LogP contribution in [0.5, 0.6) is 0 Å². The molecule has 3 heterocycles. The fraction of sp³-hybridized carbons (Fsp3) is 0.370. The molecule has 2 aliphatic rings. The second kappa shape index (κ2) is 9.48. The number of nitrogens with zero attached hydrogens (tertiary/aromatic N) is 3. The number of fused-ring (bicyclic) bond motifs is 2. The minimum absolute atomic E-state index is 0.0903. The lowest BCUT2D eigenvalue weighted by molar-refractivity contribution is -0.812. The van der Waals surface area contributed by atoms with Crippen LogP contribution in [0.3, 0.4) is 0 Å². The quantitative estimate of drug-likeness (QED) is 0.332. The average molecular weight is 601 g/mol. The highest BCUT2D eigenvalue weighted by atomic mass is 79.9. The zero-order valence-electron chi connectivity index (χ0n) is 19.5. The summed E-state index contributed by atoms with van der Waals surface area (Å²) >= 11 is 7.27. The summed E-state index contributed by atoms with van der Waals surface area (Å²) in [5.74, 6) is -0.582. The molecule has 1 aliphatic carbocycles. The lowest BCUT2D eigenvalue weighted by Gasteiger charge is -2.48. The number of likely N-dealkylation sites (tertiary alicyclic amines) is 1. The topological polar surface area (TPSA) is 86.1 Å². The van der Waals surface area contributed by atoms with Gasteiger partial charge in [0, 0.05) is 51.9 Å². The predicted molar refractivity (Wildman–Crippen MR) is 140 cm³/mol. The molecule has 0 spiro atoms. The Kier molecular flexibility index (Phi) is 6.70. The molecule has 2 aromatic heterocycles. The number of hydrogen-bond acceptors (Lipinski definition) is 5. The molecular formula is C27H27Br2N3O3. The van der Waals surface area contributed by atoms with Crippen molar-refractivity contribution < 1.29 is 14.5 Å². The molecule has 0 saturated carbocycles. The normalized spacial score (nSPS) is 25.9. The lowest BCUT2D eigenvalue weighted by Crippen LogP contribution is -2.56. The molecule has 1 aromatic carbocycles. The molecule has 35 heavy (non-hydrogen) atoms. The van der Waals surface area contributed by atoms with Crippen molar-refractivity contribution in [3.05, 3.63) is 96.6 Å².